The number of aromatic nitrogens is 5. The number of halogens is 3. The highest BCUT2D eigenvalue weighted by atomic mass is 19.4. The van der Waals surface area contributed by atoms with E-state index in [9.17, 15) is 13.2 Å². The van der Waals surface area contributed by atoms with Crippen LogP contribution in [-0.2, 0) is 6.18 Å². The molecule has 9 heteroatoms. The van der Waals surface area contributed by atoms with E-state index in [1.54, 1.807) is 0 Å². The number of nitrogens with two attached hydrogens (primary N) is 1. The van der Waals surface area contributed by atoms with Crippen molar-refractivity contribution in [2.75, 3.05) is 5.73 Å². The lowest BCUT2D eigenvalue weighted by Gasteiger charge is -1.96. The highest BCUT2D eigenvalue weighted by Crippen LogP contribution is 2.26. The van der Waals surface area contributed by atoms with Crippen molar-refractivity contribution in [3.8, 4) is 0 Å². The molecule has 0 aromatic carbocycles. The summed E-state index contributed by atoms with van der Waals surface area (Å²) in [6.45, 7) is 0. The first-order chi connectivity index (χ1) is 6.48. The van der Waals surface area contributed by atoms with Gasteiger partial charge < -0.3 is 5.73 Å². The molecular formula is C5H3F3N6. The van der Waals surface area contributed by atoms with Crippen molar-refractivity contribution in [3.05, 3.63) is 12.2 Å². The van der Waals surface area contributed by atoms with Crippen molar-refractivity contribution in [2.45, 2.75) is 6.18 Å². The van der Waals surface area contributed by atoms with Crippen LogP contribution < -0.4 is 5.73 Å². The SMILES string of the molecule is Nc1ncnc2nc(C(F)(F)F)nn12. The molecule has 0 unspecified atom stereocenters. The Balaban J connectivity index is 2.69. The van der Waals surface area contributed by atoms with Gasteiger partial charge in [0.2, 0.25) is 5.95 Å². The van der Waals surface area contributed by atoms with Crippen molar-refractivity contribution in [3.63, 3.8) is 0 Å². The van der Waals surface area contributed by atoms with E-state index in [2.05, 4.69) is 20.1 Å². The van der Waals surface area contributed by atoms with E-state index in [1.165, 1.54) is 0 Å². The molecule has 0 fully saturated rings. The minimum Gasteiger partial charge on any atom is -0.368 e. The molecule has 0 atom stereocenters. The Kier molecular flexibility index (Phi) is 1.56. The van der Waals surface area contributed by atoms with Crippen LogP contribution >= 0.6 is 0 Å². The lowest BCUT2D eigenvalue weighted by molar-refractivity contribution is -0.144. The van der Waals surface area contributed by atoms with E-state index in [-0.39, 0.29) is 11.7 Å². The van der Waals surface area contributed by atoms with E-state index in [0.29, 0.717) is 0 Å². The molecule has 0 radical (unpaired) electrons. The summed E-state index contributed by atoms with van der Waals surface area (Å²) in [5, 5.41) is 3.11. The van der Waals surface area contributed by atoms with Gasteiger partial charge in [-0.2, -0.15) is 27.7 Å². The number of alkyl halides is 3. The van der Waals surface area contributed by atoms with E-state index in [1.807, 2.05) is 0 Å². The molecule has 0 spiro atoms. The van der Waals surface area contributed by atoms with Gasteiger partial charge in [-0.25, -0.2) is 4.98 Å². The predicted molar refractivity (Wildman–Crippen MR) is 38.0 cm³/mol. The molecule has 2 heterocycles. The van der Waals surface area contributed by atoms with E-state index in [4.69, 9.17) is 5.73 Å². The summed E-state index contributed by atoms with van der Waals surface area (Å²) in [6, 6.07) is 0. The summed E-state index contributed by atoms with van der Waals surface area (Å²) in [5.74, 6) is -1.72. The van der Waals surface area contributed by atoms with Gasteiger partial charge >= 0.3 is 6.18 Å². The van der Waals surface area contributed by atoms with Gasteiger partial charge in [-0.05, 0) is 0 Å². The number of nitrogen functional groups attached to an aromatic ring is 1. The molecular weight excluding hydrogens is 201 g/mol. The third-order valence-electron chi connectivity index (χ3n) is 1.42. The molecule has 0 saturated heterocycles. The lowest BCUT2D eigenvalue weighted by Crippen LogP contribution is -2.08. The Bertz CT molecular complexity index is 474. The molecule has 2 aromatic heterocycles. The fourth-order valence-corrected chi connectivity index (χ4v) is 0.856. The van der Waals surface area contributed by atoms with Crippen LogP contribution in [-0.4, -0.2) is 24.6 Å². The molecule has 0 amide bonds. The van der Waals surface area contributed by atoms with Crippen LogP contribution in [0, 0.1) is 0 Å². The van der Waals surface area contributed by atoms with E-state index < -0.39 is 12.0 Å². The number of nitrogens with zero attached hydrogens (tertiary/aromatic N) is 5. The quantitative estimate of drug-likeness (QED) is 0.659. The van der Waals surface area contributed by atoms with Gasteiger partial charge in [0.05, 0.1) is 0 Å². The number of rotatable bonds is 0. The Labute approximate surface area is 74.6 Å². The van der Waals surface area contributed by atoms with Crippen LogP contribution in [0.2, 0.25) is 0 Å². The molecule has 0 saturated carbocycles. The Morgan fingerprint density at radius 3 is 2.57 bits per heavy atom. The molecule has 0 aliphatic rings. The number of anilines is 1. The Morgan fingerprint density at radius 1 is 1.29 bits per heavy atom. The largest absolute Gasteiger partial charge is 0.453 e. The van der Waals surface area contributed by atoms with Gasteiger partial charge in [-0.1, -0.05) is 0 Å². The van der Waals surface area contributed by atoms with Crippen LogP contribution in [0.4, 0.5) is 19.1 Å². The molecule has 2 N–H and O–H groups in total. The number of hydrogen-bond donors (Lipinski definition) is 1. The molecule has 2 aromatic rings. The zero-order valence-electron chi connectivity index (χ0n) is 6.52. The van der Waals surface area contributed by atoms with Crippen molar-refractivity contribution in [2.24, 2.45) is 0 Å². The topological polar surface area (TPSA) is 82.0 Å². The summed E-state index contributed by atoms with van der Waals surface area (Å²) >= 11 is 0. The van der Waals surface area contributed by atoms with Gasteiger partial charge in [0.1, 0.15) is 6.33 Å². The number of fused-ring (bicyclic) bond motifs is 1. The second-order valence-corrected chi connectivity index (χ2v) is 2.38. The highest BCUT2D eigenvalue weighted by molar-refractivity contribution is 5.33. The van der Waals surface area contributed by atoms with Crippen molar-refractivity contribution < 1.29 is 13.2 Å². The average molecular weight is 204 g/mol. The summed E-state index contributed by atoms with van der Waals surface area (Å²) < 4.78 is 37.1. The summed E-state index contributed by atoms with van der Waals surface area (Å²) in [6.07, 6.45) is -3.60. The first-order valence-electron chi connectivity index (χ1n) is 3.39. The highest BCUT2D eigenvalue weighted by Gasteiger charge is 2.36. The van der Waals surface area contributed by atoms with Gasteiger partial charge in [0, 0.05) is 0 Å². The summed E-state index contributed by atoms with van der Waals surface area (Å²) in [5.41, 5.74) is 5.25. The van der Waals surface area contributed by atoms with Gasteiger partial charge in [-0.3, -0.25) is 0 Å². The lowest BCUT2D eigenvalue weighted by atomic mass is 10.6. The van der Waals surface area contributed by atoms with Gasteiger partial charge in [0.25, 0.3) is 11.6 Å². The molecule has 74 valence electrons. The maximum Gasteiger partial charge on any atom is 0.453 e. The van der Waals surface area contributed by atoms with Crippen molar-refractivity contribution >= 4 is 11.7 Å². The second kappa shape index (κ2) is 2.53. The Hall–Kier alpha value is -1.93. The van der Waals surface area contributed by atoms with Crippen LogP contribution in [0.15, 0.2) is 6.33 Å². The van der Waals surface area contributed by atoms with E-state index >= 15 is 0 Å². The maximum absolute atomic E-state index is 12.1. The zero-order chi connectivity index (χ0) is 10.3. The molecule has 0 aliphatic carbocycles. The maximum atomic E-state index is 12.1. The summed E-state index contributed by atoms with van der Waals surface area (Å²) in [4.78, 5) is 10.1. The van der Waals surface area contributed by atoms with Gasteiger partial charge in [-0.15, -0.1) is 5.10 Å². The first-order valence-corrected chi connectivity index (χ1v) is 3.39. The molecule has 0 aliphatic heterocycles. The smallest absolute Gasteiger partial charge is 0.368 e. The minimum absolute atomic E-state index is 0.196. The third-order valence-corrected chi connectivity index (χ3v) is 1.42. The van der Waals surface area contributed by atoms with Crippen LogP contribution in [0.3, 0.4) is 0 Å². The van der Waals surface area contributed by atoms with Crippen LogP contribution in [0.5, 0.6) is 0 Å². The monoisotopic (exact) mass is 204 g/mol. The van der Waals surface area contributed by atoms with Crippen LogP contribution in [0.1, 0.15) is 5.82 Å². The Morgan fingerprint density at radius 2 is 2.00 bits per heavy atom. The first kappa shape index (κ1) is 8.66. The predicted octanol–water partition coefficient (Wildman–Crippen LogP) is 0.120. The fraction of sp³-hybridized carbons (Fsp3) is 0.200. The zero-order valence-corrected chi connectivity index (χ0v) is 6.52. The van der Waals surface area contributed by atoms with Crippen molar-refractivity contribution in [1.29, 1.82) is 0 Å². The minimum atomic E-state index is -4.61. The molecule has 14 heavy (non-hydrogen) atoms. The standard InChI is InChI=1S/C5H3F3N6/c6-5(7,8)2-12-4-11-1-10-3(9)14(4)13-2/h1H,(H2,9,10,11,12,13). The van der Waals surface area contributed by atoms with Gasteiger partial charge in [0.15, 0.2) is 0 Å². The third kappa shape index (κ3) is 1.22. The normalized spacial score (nSPS) is 12.2. The average Bonchev–Trinajstić information content (AvgIpc) is 2.48. The summed E-state index contributed by atoms with van der Waals surface area (Å²) in [7, 11) is 0. The molecule has 6 nitrogen and oxygen atoms in total. The van der Waals surface area contributed by atoms with Crippen molar-refractivity contribution in [1.82, 2.24) is 24.6 Å². The van der Waals surface area contributed by atoms with E-state index in [0.717, 1.165) is 10.8 Å². The molecule has 2 rings (SSSR count). The number of hydrogen-bond acceptors (Lipinski definition) is 5. The second-order valence-electron chi connectivity index (χ2n) is 2.38. The van der Waals surface area contributed by atoms with Crippen LogP contribution in [0.25, 0.3) is 5.78 Å². The molecule has 0 bridgehead atoms. The fourth-order valence-electron chi connectivity index (χ4n) is 0.856.